The highest BCUT2D eigenvalue weighted by molar-refractivity contribution is 6.31. The predicted octanol–water partition coefficient (Wildman–Crippen LogP) is 4.35. The van der Waals surface area contributed by atoms with Crippen LogP contribution in [0.2, 0.25) is 10.0 Å². The minimum absolute atomic E-state index is 0.347. The summed E-state index contributed by atoms with van der Waals surface area (Å²) in [5.74, 6) is 0.347. The largest absolute Gasteiger partial charge is 0.330 e. The molecule has 2 rings (SSSR count). The van der Waals surface area contributed by atoms with Crippen molar-refractivity contribution in [2.24, 2.45) is 11.7 Å². The van der Waals surface area contributed by atoms with E-state index < -0.39 is 0 Å². The fourth-order valence-corrected chi connectivity index (χ4v) is 2.61. The van der Waals surface area contributed by atoms with Crippen LogP contribution in [0.3, 0.4) is 0 Å². The van der Waals surface area contributed by atoms with Crippen LogP contribution in [-0.4, -0.2) is 6.54 Å². The third kappa shape index (κ3) is 3.97. The molecule has 0 unspecified atom stereocenters. The Labute approximate surface area is 124 Å². The van der Waals surface area contributed by atoms with Crippen molar-refractivity contribution < 1.29 is 0 Å². The first-order chi connectivity index (χ1) is 9.20. The van der Waals surface area contributed by atoms with Crippen molar-refractivity contribution in [2.75, 3.05) is 6.54 Å². The standard InChI is InChI=1S/C16H17Cl2N/c17-15-7-3-1-5-13(15)9-12(11-19)10-14-6-2-4-8-16(14)18/h1-8,12H,9-11,19H2. The van der Waals surface area contributed by atoms with Gasteiger partial charge >= 0.3 is 0 Å². The minimum atomic E-state index is 0.347. The Morgan fingerprint density at radius 2 is 1.21 bits per heavy atom. The monoisotopic (exact) mass is 293 g/mol. The Morgan fingerprint density at radius 3 is 1.58 bits per heavy atom. The fraction of sp³-hybridized carbons (Fsp3) is 0.250. The second kappa shape index (κ2) is 6.95. The lowest BCUT2D eigenvalue weighted by atomic mass is 9.92. The molecule has 0 amide bonds. The molecule has 2 N–H and O–H groups in total. The van der Waals surface area contributed by atoms with Gasteiger partial charge in [0.25, 0.3) is 0 Å². The lowest BCUT2D eigenvalue weighted by Gasteiger charge is -2.16. The summed E-state index contributed by atoms with van der Waals surface area (Å²) in [7, 11) is 0. The van der Waals surface area contributed by atoms with E-state index in [0.29, 0.717) is 12.5 Å². The first-order valence-corrected chi connectivity index (χ1v) is 7.13. The molecule has 0 aromatic heterocycles. The van der Waals surface area contributed by atoms with E-state index in [1.54, 1.807) is 0 Å². The van der Waals surface area contributed by atoms with Crippen molar-refractivity contribution in [3.63, 3.8) is 0 Å². The van der Waals surface area contributed by atoms with Gasteiger partial charge in [-0.15, -0.1) is 0 Å². The van der Waals surface area contributed by atoms with Gasteiger partial charge in [0.2, 0.25) is 0 Å². The van der Waals surface area contributed by atoms with E-state index in [2.05, 4.69) is 12.1 Å². The molecule has 0 aliphatic heterocycles. The summed E-state index contributed by atoms with van der Waals surface area (Å²) < 4.78 is 0. The van der Waals surface area contributed by atoms with Crippen LogP contribution < -0.4 is 5.73 Å². The molecular weight excluding hydrogens is 277 g/mol. The van der Waals surface area contributed by atoms with Gasteiger partial charge in [-0.3, -0.25) is 0 Å². The number of rotatable bonds is 5. The van der Waals surface area contributed by atoms with Crippen molar-refractivity contribution in [3.05, 3.63) is 69.7 Å². The quantitative estimate of drug-likeness (QED) is 0.871. The van der Waals surface area contributed by atoms with Crippen LogP contribution in [0, 0.1) is 5.92 Å². The molecule has 0 radical (unpaired) electrons. The number of hydrogen-bond acceptors (Lipinski definition) is 1. The molecule has 0 heterocycles. The van der Waals surface area contributed by atoms with Crippen molar-refractivity contribution in [3.8, 4) is 0 Å². The van der Waals surface area contributed by atoms with Crippen molar-refractivity contribution in [1.29, 1.82) is 0 Å². The molecular formula is C16H17Cl2N. The van der Waals surface area contributed by atoms with Crippen LogP contribution in [0.25, 0.3) is 0 Å². The van der Waals surface area contributed by atoms with E-state index in [-0.39, 0.29) is 0 Å². The maximum absolute atomic E-state index is 6.19. The van der Waals surface area contributed by atoms with Crippen LogP contribution in [-0.2, 0) is 12.8 Å². The van der Waals surface area contributed by atoms with Gasteiger partial charge in [-0.25, -0.2) is 0 Å². The number of halogens is 2. The zero-order valence-corrected chi connectivity index (χ0v) is 12.2. The molecule has 0 aliphatic rings. The first-order valence-electron chi connectivity index (χ1n) is 6.37. The average Bonchev–Trinajstić information content (AvgIpc) is 2.42. The molecule has 0 saturated carbocycles. The Morgan fingerprint density at radius 1 is 0.789 bits per heavy atom. The van der Waals surface area contributed by atoms with E-state index in [0.717, 1.165) is 34.0 Å². The van der Waals surface area contributed by atoms with E-state index in [1.165, 1.54) is 0 Å². The molecule has 0 bridgehead atoms. The predicted molar refractivity (Wildman–Crippen MR) is 82.9 cm³/mol. The third-order valence-corrected chi connectivity index (χ3v) is 4.00. The van der Waals surface area contributed by atoms with Gasteiger partial charge in [-0.05, 0) is 48.6 Å². The zero-order chi connectivity index (χ0) is 13.7. The highest BCUT2D eigenvalue weighted by Crippen LogP contribution is 2.23. The fourth-order valence-electron chi connectivity index (χ4n) is 2.19. The van der Waals surface area contributed by atoms with Gasteiger partial charge in [-0.2, -0.15) is 0 Å². The second-order valence-electron chi connectivity index (χ2n) is 4.69. The number of hydrogen-bond donors (Lipinski definition) is 1. The molecule has 0 saturated heterocycles. The molecule has 3 heteroatoms. The Bertz CT molecular complexity index is 492. The third-order valence-electron chi connectivity index (χ3n) is 3.27. The SMILES string of the molecule is NCC(Cc1ccccc1Cl)Cc1ccccc1Cl. The van der Waals surface area contributed by atoms with Gasteiger partial charge in [0, 0.05) is 10.0 Å². The molecule has 2 aromatic carbocycles. The highest BCUT2D eigenvalue weighted by Gasteiger charge is 2.12. The van der Waals surface area contributed by atoms with Crippen LogP contribution in [0.4, 0.5) is 0 Å². The smallest absolute Gasteiger partial charge is 0.0438 e. The summed E-state index contributed by atoms with van der Waals surface area (Å²) >= 11 is 12.4. The molecule has 0 atom stereocenters. The summed E-state index contributed by atoms with van der Waals surface area (Å²) in [5.41, 5.74) is 8.17. The Kier molecular flexibility index (Phi) is 5.26. The van der Waals surface area contributed by atoms with Gasteiger partial charge in [0.05, 0.1) is 0 Å². The maximum Gasteiger partial charge on any atom is 0.0438 e. The van der Waals surface area contributed by atoms with Gasteiger partial charge < -0.3 is 5.73 Å². The van der Waals surface area contributed by atoms with Gasteiger partial charge in [0.1, 0.15) is 0 Å². The first kappa shape index (κ1) is 14.4. The molecule has 0 fully saturated rings. The Balaban J connectivity index is 2.09. The number of nitrogens with two attached hydrogens (primary N) is 1. The Hall–Kier alpha value is -1.02. The maximum atomic E-state index is 6.19. The highest BCUT2D eigenvalue weighted by atomic mass is 35.5. The van der Waals surface area contributed by atoms with E-state index in [9.17, 15) is 0 Å². The summed E-state index contributed by atoms with van der Waals surface area (Å²) in [6.45, 7) is 0.621. The van der Waals surface area contributed by atoms with Crippen LogP contribution in [0.15, 0.2) is 48.5 Å². The van der Waals surface area contributed by atoms with Crippen LogP contribution in [0.5, 0.6) is 0 Å². The minimum Gasteiger partial charge on any atom is -0.330 e. The topological polar surface area (TPSA) is 26.0 Å². The van der Waals surface area contributed by atoms with E-state index in [4.69, 9.17) is 28.9 Å². The van der Waals surface area contributed by atoms with Crippen molar-refractivity contribution in [2.45, 2.75) is 12.8 Å². The van der Waals surface area contributed by atoms with Crippen molar-refractivity contribution in [1.82, 2.24) is 0 Å². The van der Waals surface area contributed by atoms with Gasteiger partial charge in [0.15, 0.2) is 0 Å². The lowest BCUT2D eigenvalue weighted by molar-refractivity contribution is 0.533. The van der Waals surface area contributed by atoms with Crippen molar-refractivity contribution >= 4 is 23.2 Å². The molecule has 1 nitrogen and oxygen atoms in total. The summed E-state index contributed by atoms with van der Waals surface area (Å²) in [6.07, 6.45) is 1.75. The average molecular weight is 294 g/mol. The van der Waals surface area contributed by atoms with Crippen LogP contribution >= 0.6 is 23.2 Å². The second-order valence-corrected chi connectivity index (χ2v) is 5.51. The molecule has 2 aromatic rings. The number of benzene rings is 2. The summed E-state index contributed by atoms with van der Waals surface area (Å²) in [5, 5.41) is 1.61. The summed E-state index contributed by atoms with van der Waals surface area (Å²) in [6, 6.07) is 15.8. The lowest BCUT2D eigenvalue weighted by Crippen LogP contribution is -2.19. The molecule has 0 aliphatic carbocycles. The van der Waals surface area contributed by atoms with Crippen LogP contribution in [0.1, 0.15) is 11.1 Å². The van der Waals surface area contributed by atoms with E-state index >= 15 is 0 Å². The summed E-state index contributed by atoms with van der Waals surface area (Å²) in [4.78, 5) is 0. The molecule has 19 heavy (non-hydrogen) atoms. The molecule has 100 valence electrons. The van der Waals surface area contributed by atoms with Gasteiger partial charge in [-0.1, -0.05) is 59.6 Å². The van der Waals surface area contributed by atoms with E-state index in [1.807, 2.05) is 36.4 Å². The zero-order valence-electron chi connectivity index (χ0n) is 10.7. The molecule has 0 spiro atoms. The normalized spacial score (nSPS) is 10.9.